The van der Waals surface area contributed by atoms with Crippen molar-refractivity contribution in [1.29, 1.82) is 0 Å². The average molecular weight is 456 g/mol. The largest absolute Gasteiger partial charge is 0.573 e. The Morgan fingerprint density at radius 3 is 2.42 bits per heavy atom. The highest BCUT2D eigenvalue weighted by Crippen LogP contribution is 2.41. The van der Waals surface area contributed by atoms with Gasteiger partial charge in [0.1, 0.15) is 0 Å². The first-order valence-electron chi connectivity index (χ1n) is 10.1. The van der Waals surface area contributed by atoms with Crippen LogP contribution >= 0.6 is 11.3 Å². The molecule has 2 unspecified atom stereocenters. The molecule has 2 heterocycles. The van der Waals surface area contributed by atoms with Crippen LogP contribution in [0, 0.1) is 11.6 Å². The fourth-order valence-electron chi connectivity index (χ4n) is 3.96. The Balaban J connectivity index is 1.46. The molecular formula is C23H21F5O2S. The number of benzene rings is 2. The van der Waals surface area contributed by atoms with Crippen LogP contribution in [-0.4, -0.2) is 13.0 Å². The maximum atomic E-state index is 14.0. The second-order valence-corrected chi connectivity index (χ2v) is 8.84. The van der Waals surface area contributed by atoms with Gasteiger partial charge in [0, 0.05) is 15.5 Å². The molecule has 0 aliphatic carbocycles. The van der Waals surface area contributed by atoms with Crippen LogP contribution in [0.5, 0.6) is 5.75 Å². The van der Waals surface area contributed by atoms with Gasteiger partial charge in [0.15, 0.2) is 11.6 Å². The number of alkyl halides is 3. The van der Waals surface area contributed by atoms with Gasteiger partial charge in [-0.15, -0.1) is 24.5 Å². The van der Waals surface area contributed by atoms with Gasteiger partial charge < -0.3 is 9.47 Å². The Labute approximate surface area is 180 Å². The fourth-order valence-corrected chi connectivity index (χ4v) is 5.21. The molecule has 31 heavy (non-hydrogen) atoms. The van der Waals surface area contributed by atoms with E-state index in [0.717, 1.165) is 31.4 Å². The zero-order chi connectivity index (χ0) is 22.2. The van der Waals surface area contributed by atoms with Crippen LogP contribution in [-0.2, 0) is 11.2 Å². The van der Waals surface area contributed by atoms with Crippen molar-refractivity contribution < 1.29 is 31.4 Å². The van der Waals surface area contributed by atoms with E-state index >= 15 is 0 Å². The van der Waals surface area contributed by atoms with E-state index in [0.29, 0.717) is 13.0 Å². The molecule has 1 fully saturated rings. The number of aryl methyl sites for hydroxylation is 1. The number of fused-ring (bicyclic) bond motifs is 1. The summed E-state index contributed by atoms with van der Waals surface area (Å²) < 4.78 is 75.5. The van der Waals surface area contributed by atoms with Crippen molar-refractivity contribution in [2.75, 3.05) is 6.61 Å². The third-order valence-electron chi connectivity index (χ3n) is 5.43. The lowest BCUT2D eigenvalue weighted by Crippen LogP contribution is -2.21. The van der Waals surface area contributed by atoms with Gasteiger partial charge in [-0.25, -0.2) is 8.78 Å². The predicted molar refractivity (Wildman–Crippen MR) is 110 cm³/mol. The predicted octanol–water partition coefficient (Wildman–Crippen LogP) is 7.67. The molecule has 0 spiro atoms. The van der Waals surface area contributed by atoms with E-state index in [9.17, 15) is 22.0 Å². The quantitative estimate of drug-likeness (QED) is 0.367. The van der Waals surface area contributed by atoms with E-state index < -0.39 is 29.9 Å². The van der Waals surface area contributed by atoms with E-state index in [1.807, 2.05) is 0 Å². The standard InChI is InChI=1S/C23H21F5O2S/c1-2-3-13-4-5-14-11-21(31-20(14)8-13)15-6-7-19(29-12-15)16-9-17(24)22(18(25)10-16)30-23(26,27)28/h4-5,8-11,15,19H,2-3,6-7,12H2,1H3. The second kappa shape index (κ2) is 8.74. The molecule has 2 atom stereocenters. The topological polar surface area (TPSA) is 18.5 Å². The second-order valence-electron chi connectivity index (χ2n) is 7.73. The summed E-state index contributed by atoms with van der Waals surface area (Å²) in [7, 11) is 0. The van der Waals surface area contributed by atoms with Crippen molar-refractivity contribution in [3.8, 4) is 5.75 Å². The molecule has 0 bridgehead atoms. The molecule has 0 saturated carbocycles. The van der Waals surface area contributed by atoms with Gasteiger partial charge in [-0.1, -0.05) is 25.5 Å². The molecule has 0 radical (unpaired) electrons. The van der Waals surface area contributed by atoms with Crippen molar-refractivity contribution in [1.82, 2.24) is 0 Å². The molecule has 8 heteroatoms. The van der Waals surface area contributed by atoms with Gasteiger partial charge in [0.25, 0.3) is 0 Å². The van der Waals surface area contributed by atoms with Gasteiger partial charge in [0.2, 0.25) is 5.75 Å². The van der Waals surface area contributed by atoms with Gasteiger partial charge in [-0.05, 0) is 60.0 Å². The maximum absolute atomic E-state index is 14.0. The Bertz CT molecular complexity index is 1040. The number of hydrogen-bond acceptors (Lipinski definition) is 3. The Kier molecular flexibility index (Phi) is 6.21. The summed E-state index contributed by atoms with van der Waals surface area (Å²) in [5, 5.41) is 1.19. The van der Waals surface area contributed by atoms with E-state index in [4.69, 9.17) is 4.74 Å². The third-order valence-corrected chi connectivity index (χ3v) is 6.69. The molecular weight excluding hydrogens is 435 g/mol. The van der Waals surface area contributed by atoms with Gasteiger partial charge in [0.05, 0.1) is 12.7 Å². The first kappa shape index (κ1) is 22.0. The van der Waals surface area contributed by atoms with Crippen LogP contribution in [0.1, 0.15) is 54.2 Å². The summed E-state index contributed by atoms with van der Waals surface area (Å²) in [6, 6.07) is 10.4. The SMILES string of the molecule is CCCc1ccc2cc(C3CCC(c4cc(F)c(OC(F)(F)F)c(F)c4)OC3)sc2c1. The number of rotatable bonds is 5. The van der Waals surface area contributed by atoms with Crippen LogP contribution in [0.3, 0.4) is 0 Å². The molecule has 2 aromatic carbocycles. The van der Waals surface area contributed by atoms with Crippen molar-refractivity contribution in [2.45, 2.75) is 51.0 Å². The molecule has 3 aromatic rings. The Hall–Kier alpha value is -2.19. The highest BCUT2D eigenvalue weighted by molar-refractivity contribution is 7.19. The molecule has 1 aliphatic rings. The zero-order valence-electron chi connectivity index (χ0n) is 16.8. The highest BCUT2D eigenvalue weighted by Gasteiger charge is 2.35. The van der Waals surface area contributed by atoms with E-state index in [1.165, 1.54) is 20.5 Å². The molecule has 4 rings (SSSR count). The lowest BCUT2D eigenvalue weighted by atomic mass is 9.93. The first-order chi connectivity index (χ1) is 14.7. The lowest BCUT2D eigenvalue weighted by molar-refractivity contribution is -0.276. The zero-order valence-corrected chi connectivity index (χ0v) is 17.6. The molecule has 0 N–H and O–H groups in total. The molecule has 166 valence electrons. The molecule has 1 aliphatic heterocycles. The normalized spacial score (nSPS) is 19.7. The first-order valence-corrected chi connectivity index (χ1v) is 10.9. The summed E-state index contributed by atoms with van der Waals surface area (Å²) >= 11 is 1.73. The van der Waals surface area contributed by atoms with E-state index in [1.54, 1.807) is 11.3 Å². The lowest BCUT2D eigenvalue weighted by Gasteiger charge is -2.29. The van der Waals surface area contributed by atoms with E-state index in [2.05, 4.69) is 35.9 Å². The van der Waals surface area contributed by atoms with Crippen LogP contribution < -0.4 is 4.74 Å². The summed E-state index contributed by atoms with van der Waals surface area (Å²) in [5.74, 6) is -4.07. The summed E-state index contributed by atoms with van der Waals surface area (Å²) in [5.41, 5.74) is 1.48. The van der Waals surface area contributed by atoms with Crippen molar-refractivity contribution in [2.24, 2.45) is 0 Å². The van der Waals surface area contributed by atoms with Gasteiger partial charge in [-0.3, -0.25) is 0 Å². The summed E-state index contributed by atoms with van der Waals surface area (Å²) in [6.45, 7) is 2.53. The molecule has 1 aromatic heterocycles. The highest BCUT2D eigenvalue weighted by atomic mass is 32.1. The monoisotopic (exact) mass is 456 g/mol. The van der Waals surface area contributed by atoms with Crippen molar-refractivity contribution >= 4 is 21.4 Å². The van der Waals surface area contributed by atoms with Crippen LogP contribution in [0.4, 0.5) is 22.0 Å². The van der Waals surface area contributed by atoms with E-state index in [-0.39, 0.29) is 11.5 Å². The third kappa shape index (κ3) is 5.01. The number of thiophene rings is 1. The van der Waals surface area contributed by atoms with Gasteiger partial charge >= 0.3 is 6.36 Å². The molecule has 1 saturated heterocycles. The minimum Gasteiger partial charge on any atom is -0.399 e. The number of hydrogen-bond donors (Lipinski definition) is 0. The summed E-state index contributed by atoms with van der Waals surface area (Å²) in [4.78, 5) is 1.20. The number of ether oxygens (including phenoxy) is 2. The average Bonchev–Trinajstić information content (AvgIpc) is 3.14. The molecule has 2 nitrogen and oxygen atoms in total. The van der Waals surface area contributed by atoms with Crippen LogP contribution in [0.2, 0.25) is 0 Å². The maximum Gasteiger partial charge on any atom is 0.573 e. The number of halogens is 5. The molecule has 0 amide bonds. The minimum absolute atomic E-state index is 0.170. The van der Waals surface area contributed by atoms with Crippen LogP contribution in [0.25, 0.3) is 10.1 Å². The van der Waals surface area contributed by atoms with Gasteiger partial charge in [-0.2, -0.15) is 0 Å². The van der Waals surface area contributed by atoms with Crippen molar-refractivity contribution in [3.63, 3.8) is 0 Å². The fraction of sp³-hybridized carbons (Fsp3) is 0.391. The Morgan fingerprint density at radius 1 is 1.06 bits per heavy atom. The smallest absolute Gasteiger partial charge is 0.399 e. The van der Waals surface area contributed by atoms with Crippen LogP contribution in [0.15, 0.2) is 36.4 Å². The minimum atomic E-state index is -5.17. The summed E-state index contributed by atoms with van der Waals surface area (Å²) in [6.07, 6.45) is -2.35. The Morgan fingerprint density at radius 2 is 1.81 bits per heavy atom. The van der Waals surface area contributed by atoms with Crippen molar-refractivity contribution in [3.05, 3.63) is 64.0 Å².